The van der Waals surface area contributed by atoms with Crippen LogP contribution in [0.4, 0.5) is 27.1 Å². The lowest BCUT2D eigenvalue weighted by Crippen LogP contribution is -2.26. The Labute approximate surface area is 184 Å². The fourth-order valence-corrected chi connectivity index (χ4v) is 4.79. The minimum atomic E-state index is -4.66. The van der Waals surface area contributed by atoms with Crippen molar-refractivity contribution in [3.63, 3.8) is 0 Å². The highest BCUT2D eigenvalue weighted by atomic mass is 79.9. The van der Waals surface area contributed by atoms with Crippen LogP contribution in [0, 0.1) is 0 Å². The van der Waals surface area contributed by atoms with E-state index in [9.17, 15) is 26.7 Å². The van der Waals surface area contributed by atoms with Gasteiger partial charge < -0.3 is 10.1 Å². The molecule has 6 nitrogen and oxygen atoms in total. The fraction of sp³-hybridized carbons (Fsp3) is 0.389. The van der Waals surface area contributed by atoms with Crippen LogP contribution < -0.4 is 10.1 Å². The number of fused-ring (bicyclic) bond motifs is 1. The third-order valence-electron chi connectivity index (χ3n) is 4.68. The van der Waals surface area contributed by atoms with Gasteiger partial charge in [-0.05, 0) is 53.9 Å². The number of aromatic nitrogens is 3. The van der Waals surface area contributed by atoms with E-state index in [1.165, 1.54) is 25.1 Å². The fourth-order valence-electron chi connectivity index (χ4n) is 3.08. The molecule has 3 aromatic rings. The van der Waals surface area contributed by atoms with Crippen LogP contribution in [0.3, 0.4) is 0 Å². The highest BCUT2D eigenvalue weighted by Crippen LogP contribution is 2.47. The van der Waals surface area contributed by atoms with E-state index in [1.807, 2.05) is 0 Å². The molecule has 1 aliphatic carbocycles. The van der Waals surface area contributed by atoms with Crippen LogP contribution in [-0.4, -0.2) is 27.3 Å². The summed E-state index contributed by atoms with van der Waals surface area (Å²) in [6.07, 6.45) is -3.22. The van der Waals surface area contributed by atoms with E-state index in [0.29, 0.717) is 15.9 Å². The monoisotopic (exact) mass is 524 g/mol. The van der Waals surface area contributed by atoms with E-state index in [0.717, 1.165) is 28.9 Å². The molecule has 1 atom stereocenters. The minimum Gasteiger partial charge on any atom is -0.435 e. The maximum absolute atomic E-state index is 13.3. The van der Waals surface area contributed by atoms with Crippen LogP contribution in [-0.2, 0) is 11.0 Å². The Bertz CT molecular complexity index is 1140. The molecular formula is C18H14BrF5N4O2S. The van der Waals surface area contributed by atoms with E-state index < -0.39 is 30.4 Å². The predicted octanol–water partition coefficient (Wildman–Crippen LogP) is 5.95. The van der Waals surface area contributed by atoms with E-state index in [1.54, 1.807) is 0 Å². The van der Waals surface area contributed by atoms with Crippen molar-refractivity contribution in [3.05, 3.63) is 34.1 Å². The third kappa shape index (κ3) is 4.52. The maximum Gasteiger partial charge on any atom is 0.436 e. The molecule has 166 valence electrons. The Balaban J connectivity index is 1.58. The molecule has 4 rings (SSSR count). The molecule has 1 amide bonds. The summed E-state index contributed by atoms with van der Waals surface area (Å²) in [6.45, 7) is -1.52. The second kappa shape index (κ2) is 8.01. The van der Waals surface area contributed by atoms with Crippen molar-refractivity contribution < 1.29 is 31.5 Å². The summed E-state index contributed by atoms with van der Waals surface area (Å²) >= 11 is 4.03. The molecule has 1 unspecified atom stereocenters. The smallest absolute Gasteiger partial charge is 0.435 e. The number of hydrogen-bond acceptors (Lipinski definition) is 5. The van der Waals surface area contributed by atoms with Gasteiger partial charge in [-0.25, -0.2) is 4.98 Å². The van der Waals surface area contributed by atoms with Gasteiger partial charge in [0, 0.05) is 5.92 Å². The zero-order chi connectivity index (χ0) is 22.5. The molecule has 0 spiro atoms. The van der Waals surface area contributed by atoms with Crippen molar-refractivity contribution >= 4 is 48.5 Å². The standard InChI is InChI=1S/C18H14BrF5N4O2S/c1-7(28-13(8-2-3-8)12(19)14(27-28)18(22,23)24)15(29)26-17-25-10-5-4-9(30-16(20)21)6-11(10)31-17/h4-8,16H,2-3H2,1H3,(H,25,26,29). The van der Waals surface area contributed by atoms with Crippen LogP contribution in [0.2, 0.25) is 0 Å². The number of hydrogen-bond donors (Lipinski definition) is 1. The van der Waals surface area contributed by atoms with Crippen LogP contribution in [0.1, 0.15) is 43.1 Å². The Kier molecular flexibility index (Phi) is 5.66. The largest absolute Gasteiger partial charge is 0.436 e. The van der Waals surface area contributed by atoms with Crippen molar-refractivity contribution in [2.24, 2.45) is 0 Å². The molecule has 1 N–H and O–H groups in total. The van der Waals surface area contributed by atoms with Gasteiger partial charge in [0.1, 0.15) is 11.8 Å². The van der Waals surface area contributed by atoms with Gasteiger partial charge >= 0.3 is 12.8 Å². The van der Waals surface area contributed by atoms with Gasteiger partial charge in [0.15, 0.2) is 10.8 Å². The van der Waals surface area contributed by atoms with Gasteiger partial charge in [0.25, 0.3) is 5.91 Å². The number of thiazole rings is 1. The first-order valence-electron chi connectivity index (χ1n) is 9.06. The molecule has 0 bridgehead atoms. The quantitative estimate of drug-likeness (QED) is 0.404. The molecule has 2 heterocycles. The SMILES string of the molecule is CC(C(=O)Nc1nc2ccc(OC(F)F)cc2s1)n1nc(C(F)(F)F)c(Br)c1C1CC1. The minimum absolute atomic E-state index is 0.0486. The van der Waals surface area contributed by atoms with Crippen LogP contribution in [0.15, 0.2) is 22.7 Å². The number of halogens is 6. The summed E-state index contributed by atoms with van der Waals surface area (Å²) < 4.78 is 70.4. The van der Waals surface area contributed by atoms with Crippen molar-refractivity contribution in [2.75, 3.05) is 5.32 Å². The van der Waals surface area contributed by atoms with Gasteiger partial charge in [-0.2, -0.15) is 27.1 Å². The molecule has 0 radical (unpaired) electrons. The first-order chi connectivity index (χ1) is 14.5. The maximum atomic E-state index is 13.3. The molecule has 1 fully saturated rings. The number of carbonyl (C=O) groups is 1. The highest BCUT2D eigenvalue weighted by Gasteiger charge is 2.43. The summed E-state index contributed by atoms with van der Waals surface area (Å²) in [5.74, 6) is -0.745. The number of nitrogens with one attached hydrogen (secondary N) is 1. The van der Waals surface area contributed by atoms with Gasteiger partial charge in [0.2, 0.25) is 0 Å². The Hall–Kier alpha value is -2.28. The molecule has 1 aromatic carbocycles. The molecule has 1 saturated carbocycles. The van der Waals surface area contributed by atoms with Crippen LogP contribution >= 0.6 is 27.3 Å². The second-order valence-electron chi connectivity index (χ2n) is 6.96. The molecule has 0 aliphatic heterocycles. The summed E-state index contributed by atoms with van der Waals surface area (Å²) in [4.78, 5) is 16.9. The Morgan fingerprint density at radius 1 is 1.35 bits per heavy atom. The van der Waals surface area contributed by atoms with Gasteiger partial charge in [-0.3, -0.25) is 9.48 Å². The first kappa shape index (κ1) is 21.9. The molecule has 2 aromatic heterocycles. The van der Waals surface area contributed by atoms with Crippen LogP contribution in [0.25, 0.3) is 10.2 Å². The normalized spacial score (nSPS) is 15.5. The summed E-state index contributed by atoms with van der Waals surface area (Å²) in [5, 5.41) is 6.41. The third-order valence-corrected chi connectivity index (χ3v) is 6.40. The second-order valence-corrected chi connectivity index (χ2v) is 8.78. The van der Waals surface area contributed by atoms with Gasteiger partial charge in [-0.1, -0.05) is 11.3 Å². The van der Waals surface area contributed by atoms with E-state index in [2.05, 4.69) is 36.1 Å². The topological polar surface area (TPSA) is 69.0 Å². The Morgan fingerprint density at radius 2 is 2.06 bits per heavy atom. The first-order valence-corrected chi connectivity index (χ1v) is 10.7. The predicted molar refractivity (Wildman–Crippen MR) is 106 cm³/mol. The van der Waals surface area contributed by atoms with E-state index in [-0.39, 0.29) is 21.3 Å². The lowest BCUT2D eigenvalue weighted by atomic mass is 10.2. The molecule has 1 aliphatic rings. The zero-order valence-corrected chi connectivity index (χ0v) is 18.1. The number of alkyl halides is 5. The van der Waals surface area contributed by atoms with Crippen LogP contribution in [0.5, 0.6) is 5.75 Å². The lowest BCUT2D eigenvalue weighted by Gasteiger charge is -2.14. The summed E-state index contributed by atoms with van der Waals surface area (Å²) in [7, 11) is 0. The van der Waals surface area contributed by atoms with Crippen molar-refractivity contribution in [2.45, 2.75) is 44.5 Å². The summed E-state index contributed by atoms with van der Waals surface area (Å²) in [6, 6.07) is 3.12. The van der Waals surface area contributed by atoms with E-state index in [4.69, 9.17) is 0 Å². The Morgan fingerprint density at radius 3 is 2.68 bits per heavy atom. The highest BCUT2D eigenvalue weighted by molar-refractivity contribution is 9.10. The number of carbonyl (C=O) groups excluding carboxylic acids is 1. The molecule has 13 heteroatoms. The number of benzene rings is 1. The van der Waals surface area contributed by atoms with E-state index >= 15 is 0 Å². The van der Waals surface area contributed by atoms with Crippen molar-refractivity contribution in [3.8, 4) is 5.75 Å². The number of anilines is 1. The zero-order valence-electron chi connectivity index (χ0n) is 15.7. The number of amides is 1. The van der Waals surface area contributed by atoms with Gasteiger partial charge in [0.05, 0.1) is 20.4 Å². The summed E-state index contributed by atoms with van der Waals surface area (Å²) in [5.41, 5.74) is -0.275. The van der Waals surface area contributed by atoms with Crippen molar-refractivity contribution in [1.82, 2.24) is 14.8 Å². The average Bonchev–Trinajstić information content (AvgIpc) is 3.32. The number of nitrogens with zero attached hydrogens (tertiary/aromatic N) is 3. The number of rotatable bonds is 6. The van der Waals surface area contributed by atoms with Crippen molar-refractivity contribution in [1.29, 1.82) is 0 Å². The average molecular weight is 525 g/mol. The number of ether oxygens (including phenoxy) is 1. The molecule has 31 heavy (non-hydrogen) atoms. The molecule has 0 saturated heterocycles. The molecular weight excluding hydrogens is 511 g/mol. The lowest BCUT2D eigenvalue weighted by molar-refractivity contribution is -0.142. The van der Waals surface area contributed by atoms with Gasteiger partial charge in [-0.15, -0.1) is 0 Å².